The Morgan fingerprint density at radius 3 is 2.67 bits per heavy atom. The van der Waals surface area contributed by atoms with Crippen molar-refractivity contribution in [1.82, 2.24) is 9.88 Å². The van der Waals surface area contributed by atoms with E-state index in [1.165, 1.54) is 29.1 Å². The topological polar surface area (TPSA) is 33.2 Å². The molecule has 0 spiro atoms. The van der Waals surface area contributed by atoms with Crippen LogP contribution < -0.4 is 0 Å². The molecule has 1 aliphatic heterocycles. The predicted molar refractivity (Wildman–Crippen MR) is 61.7 cm³/mol. The van der Waals surface area contributed by atoms with Gasteiger partial charge in [0.05, 0.1) is 5.69 Å². The lowest BCUT2D eigenvalue weighted by molar-refractivity contribution is 0.112. The van der Waals surface area contributed by atoms with Crippen LogP contribution in [0.5, 0.6) is 0 Å². The molecule has 1 aliphatic rings. The first kappa shape index (κ1) is 10.8. The van der Waals surface area contributed by atoms with Crippen molar-refractivity contribution in [3.63, 3.8) is 0 Å². The van der Waals surface area contributed by atoms with Gasteiger partial charge < -0.3 is 4.90 Å². The van der Waals surface area contributed by atoms with E-state index in [0.717, 1.165) is 25.1 Å². The second-order valence-electron chi connectivity index (χ2n) is 4.19. The Kier molecular flexibility index (Phi) is 3.17. The van der Waals surface area contributed by atoms with Crippen molar-refractivity contribution in [2.24, 2.45) is 0 Å². The molecule has 15 heavy (non-hydrogen) atoms. The summed E-state index contributed by atoms with van der Waals surface area (Å²) in [6.07, 6.45) is 3.19. The van der Waals surface area contributed by atoms with Crippen molar-refractivity contribution < 1.29 is 4.79 Å². The van der Waals surface area contributed by atoms with Gasteiger partial charge in [-0.05, 0) is 39.9 Å². The molecule has 3 nitrogen and oxygen atoms in total. The van der Waals surface area contributed by atoms with Crippen molar-refractivity contribution in [3.8, 4) is 0 Å². The third-order valence-electron chi connectivity index (χ3n) is 3.06. The largest absolute Gasteiger partial charge is 0.306 e. The van der Waals surface area contributed by atoms with Crippen LogP contribution in [0.1, 0.15) is 39.1 Å². The fraction of sp³-hybridized carbons (Fsp3) is 0.636. The summed E-state index contributed by atoms with van der Waals surface area (Å²) in [6, 6.07) is 0. The second kappa shape index (κ2) is 4.41. The van der Waals surface area contributed by atoms with Gasteiger partial charge >= 0.3 is 0 Å². The summed E-state index contributed by atoms with van der Waals surface area (Å²) in [4.78, 5) is 18.6. The number of aryl methyl sites for hydroxylation is 1. The molecule has 0 aliphatic carbocycles. The summed E-state index contributed by atoms with van der Waals surface area (Å²) < 4.78 is 0. The third-order valence-corrected chi connectivity index (χ3v) is 3.97. The van der Waals surface area contributed by atoms with Crippen molar-refractivity contribution in [1.29, 1.82) is 0 Å². The smallest absolute Gasteiger partial charge is 0.178 e. The molecule has 1 saturated heterocycles. The molecule has 0 bridgehead atoms. The molecular weight excluding hydrogens is 208 g/mol. The highest BCUT2D eigenvalue weighted by Gasteiger charge is 2.22. The maximum absolute atomic E-state index is 10.6. The molecule has 82 valence electrons. The summed E-state index contributed by atoms with van der Waals surface area (Å²) in [6.45, 7) is 4.34. The quantitative estimate of drug-likeness (QED) is 0.721. The standard InChI is InChI=1S/C11H16N2OS/c1-8-11(12-10(7-14)15-8)9-3-5-13(2)6-4-9/h7,9H,3-6H2,1-2H3. The summed E-state index contributed by atoms with van der Waals surface area (Å²) in [5.74, 6) is 0.561. The lowest BCUT2D eigenvalue weighted by Gasteiger charge is -2.28. The van der Waals surface area contributed by atoms with Crippen LogP contribution in [0, 0.1) is 6.92 Å². The van der Waals surface area contributed by atoms with Crippen LogP contribution in [0.15, 0.2) is 0 Å². The molecule has 1 aromatic rings. The predicted octanol–water partition coefficient (Wildman–Crippen LogP) is 2.07. The zero-order valence-electron chi connectivity index (χ0n) is 9.19. The number of carbonyl (C=O) groups is 1. The zero-order chi connectivity index (χ0) is 10.8. The first-order chi connectivity index (χ1) is 7.20. The molecule has 2 rings (SSSR count). The Morgan fingerprint density at radius 1 is 1.47 bits per heavy atom. The van der Waals surface area contributed by atoms with E-state index < -0.39 is 0 Å². The Hall–Kier alpha value is -0.740. The maximum atomic E-state index is 10.6. The van der Waals surface area contributed by atoms with Gasteiger partial charge in [0.15, 0.2) is 11.3 Å². The molecule has 0 aromatic carbocycles. The van der Waals surface area contributed by atoms with E-state index in [2.05, 4.69) is 23.9 Å². The first-order valence-corrected chi connectivity index (χ1v) is 6.13. The normalized spacial score (nSPS) is 19.3. The van der Waals surface area contributed by atoms with Crippen LogP contribution >= 0.6 is 11.3 Å². The summed E-state index contributed by atoms with van der Waals surface area (Å²) in [5.41, 5.74) is 1.16. The van der Waals surface area contributed by atoms with E-state index in [0.29, 0.717) is 10.9 Å². The minimum Gasteiger partial charge on any atom is -0.306 e. The van der Waals surface area contributed by atoms with E-state index in [4.69, 9.17) is 0 Å². The van der Waals surface area contributed by atoms with Crippen LogP contribution in [0.4, 0.5) is 0 Å². The summed E-state index contributed by atoms with van der Waals surface area (Å²) >= 11 is 1.52. The summed E-state index contributed by atoms with van der Waals surface area (Å²) in [5, 5.41) is 0.626. The van der Waals surface area contributed by atoms with Gasteiger partial charge in [-0.2, -0.15) is 0 Å². The Bertz CT molecular complexity index is 353. The van der Waals surface area contributed by atoms with Crippen LogP contribution in [0.25, 0.3) is 0 Å². The molecule has 0 atom stereocenters. The molecule has 1 aromatic heterocycles. The number of rotatable bonds is 2. The molecule has 0 unspecified atom stereocenters. The monoisotopic (exact) mass is 224 g/mol. The van der Waals surface area contributed by atoms with Gasteiger partial charge in [-0.1, -0.05) is 0 Å². The number of hydrogen-bond acceptors (Lipinski definition) is 4. The molecule has 2 heterocycles. The lowest BCUT2D eigenvalue weighted by atomic mass is 9.93. The van der Waals surface area contributed by atoms with E-state index in [-0.39, 0.29) is 0 Å². The average molecular weight is 224 g/mol. The molecule has 1 fully saturated rings. The Morgan fingerprint density at radius 2 is 2.13 bits per heavy atom. The van der Waals surface area contributed by atoms with Gasteiger partial charge in [0.25, 0.3) is 0 Å². The van der Waals surface area contributed by atoms with Gasteiger partial charge in [0.1, 0.15) is 0 Å². The number of piperidine rings is 1. The van der Waals surface area contributed by atoms with Gasteiger partial charge in [-0.15, -0.1) is 11.3 Å². The number of likely N-dealkylation sites (tertiary alicyclic amines) is 1. The number of thiazole rings is 1. The number of aldehydes is 1. The number of hydrogen-bond donors (Lipinski definition) is 0. The van der Waals surface area contributed by atoms with Crippen molar-refractivity contribution in [2.45, 2.75) is 25.7 Å². The summed E-state index contributed by atoms with van der Waals surface area (Å²) in [7, 11) is 2.15. The first-order valence-electron chi connectivity index (χ1n) is 5.31. The van der Waals surface area contributed by atoms with E-state index in [1.54, 1.807) is 0 Å². The van der Waals surface area contributed by atoms with Gasteiger partial charge in [-0.3, -0.25) is 4.79 Å². The van der Waals surface area contributed by atoms with Crippen LogP contribution in [-0.2, 0) is 0 Å². The number of carbonyl (C=O) groups excluding carboxylic acids is 1. The van der Waals surface area contributed by atoms with Gasteiger partial charge in [-0.25, -0.2) is 4.98 Å². The SMILES string of the molecule is Cc1sc(C=O)nc1C1CCN(C)CC1. The molecule has 0 radical (unpaired) electrons. The minimum atomic E-state index is 0.561. The fourth-order valence-electron chi connectivity index (χ4n) is 2.14. The van der Waals surface area contributed by atoms with Gasteiger partial charge in [0.2, 0.25) is 0 Å². The van der Waals surface area contributed by atoms with Crippen molar-refractivity contribution in [3.05, 3.63) is 15.6 Å². The molecule has 0 amide bonds. The highest BCUT2D eigenvalue weighted by molar-refractivity contribution is 7.13. The van der Waals surface area contributed by atoms with Crippen LogP contribution in [0.3, 0.4) is 0 Å². The fourth-order valence-corrected chi connectivity index (χ4v) is 2.96. The van der Waals surface area contributed by atoms with Crippen molar-refractivity contribution in [2.75, 3.05) is 20.1 Å². The minimum absolute atomic E-state index is 0.561. The zero-order valence-corrected chi connectivity index (χ0v) is 10.0. The molecule has 0 saturated carbocycles. The van der Waals surface area contributed by atoms with E-state index in [1.807, 2.05) is 0 Å². The number of aromatic nitrogens is 1. The van der Waals surface area contributed by atoms with Gasteiger partial charge in [0, 0.05) is 10.8 Å². The van der Waals surface area contributed by atoms with E-state index in [9.17, 15) is 4.79 Å². The van der Waals surface area contributed by atoms with Crippen LogP contribution in [-0.4, -0.2) is 36.3 Å². The number of nitrogens with zero attached hydrogens (tertiary/aromatic N) is 2. The molecule has 0 N–H and O–H groups in total. The average Bonchev–Trinajstić information content (AvgIpc) is 2.61. The molecular formula is C11H16N2OS. The highest BCUT2D eigenvalue weighted by atomic mass is 32.1. The third kappa shape index (κ3) is 2.26. The van der Waals surface area contributed by atoms with Crippen molar-refractivity contribution >= 4 is 17.6 Å². The van der Waals surface area contributed by atoms with Crippen LogP contribution in [0.2, 0.25) is 0 Å². The Labute approximate surface area is 94.1 Å². The molecule has 4 heteroatoms. The second-order valence-corrected chi connectivity index (χ2v) is 5.42. The lowest BCUT2D eigenvalue weighted by Crippen LogP contribution is -2.29. The van der Waals surface area contributed by atoms with E-state index >= 15 is 0 Å². The maximum Gasteiger partial charge on any atom is 0.178 e. The Balaban J connectivity index is 2.14. The highest BCUT2D eigenvalue weighted by Crippen LogP contribution is 2.31.